The molecule has 4 heteroatoms. The number of methoxy groups -OCH3 is 1. The van der Waals surface area contributed by atoms with Gasteiger partial charge >= 0.3 is 0 Å². The summed E-state index contributed by atoms with van der Waals surface area (Å²) in [4.78, 5) is 2.35. The van der Waals surface area contributed by atoms with Crippen LogP contribution in [0.1, 0.15) is 19.4 Å². The molecule has 0 saturated heterocycles. The van der Waals surface area contributed by atoms with E-state index in [0.717, 1.165) is 31.9 Å². The van der Waals surface area contributed by atoms with Gasteiger partial charge in [-0.15, -0.1) is 0 Å². The van der Waals surface area contributed by atoms with Crippen LogP contribution in [0.15, 0.2) is 24.3 Å². The summed E-state index contributed by atoms with van der Waals surface area (Å²) < 4.78 is 10.9. The molecule has 114 valence electrons. The number of nitrogens with zero attached hydrogens (tertiary/aromatic N) is 1. The third-order valence-electron chi connectivity index (χ3n) is 3.32. The first-order chi connectivity index (χ1) is 9.67. The van der Waals surface area contributed by atoms with Crippen molar-refractivity contribution in [3.05, 3.63) is 29.8 Å². The van der Waals surface area contributed by atoms with Crippen LogP contribution in [0.4, 0.5) is 0 Å². The first-order valence-corrected chi connectivity index (χ1v) is 7.32. The zero-order valence-corrected chi connectivity index (χ0v) is 13.0. The molecule has 0 atom stereocenters. The molecule has 0 aliphatic heterocycles. The lowest BCUT2D eigenvalue weighted by molar-refractivity contribution is 0.116. The van der Waals surface area contributed by atoms with Crippen molar-refractivity contribution in [2.45, 2.75) is 26.3 Å². The van der Waals surface area contributed by atoms with Crippen LogP contribution in [0.3, 0.4) is 0 Å². The van der Waals surface area contributed by atoms with Gasteiger partial charge in [0, 0.05) is 26.2 Å². The predicted octanol–water partition coefficient (Wildman–Crippen LogP) is 1.92. The molecule has 0 aliphatic carbocycles. The van der Waals surface area contributed by atoms with Gasteiger partial charge in [0.15, 0.2) is 0 Å². The van der Waals surface area contributed by atoms with Crippen molar-refractivity contribution in [1.29, 1.82) is 0 Å². The number of benzene rings is 1. The normalized spacial score (nSPS) is 11.3. The van der Waals surface area contributed by atoms with Crippen LogP contribution in [0.25, 0.3) is 0 Å². The largest absolute Gasteiger partial charge is 0.492 e. The van der Waals surface area contributed by atoms with Crippen molar-refractivity contribution in [3.8, 4) is 5.75 Å². The molecular weight excluding hydrogens is 252 g/mol. The summed E-state index contributed by atoms with van der Waals surface area (Å²) in [6, 6.07) is 8.68. The van der Waals surface area contributed by atoms with E-state index in [9.17, 15) is 0 Å². The molecule has 0 radical (unpaired) electrons. The Balaban J connectivity index is 2.34. The topological polar surface area (TPSA) is 47.7 Å². The summed E-state index contributed by atoms with van der Waals surface area (Å²) in [5.41, 5.74) is 6.79. The fourth-order valence-corrected chi connectivity index (χ4v) is 2.04. The van der Waals surface area contributed by atoms with Crippen LogP contribution in [0, 0.1) is 0 Å². The molecule has 0 aromatic heterocycles. The lowest BCUT2D eigenvalue weighted by Gasteiger charge is -2.25. The predicted molar refractivity (Wildman–Crippen MR) is 83.3 cm³/mol. The Morgan fingerprint density at radius 2 is 1.75 bits per heavy atom. The second kappa shape index (κ2) is 9.75. The van der Waals surface area contributed by atoms with Crippen molar-refractivity contribution < 1.29 is 9.47 Å². The van der Waals surface area contributed by atoms with E-state index in [1.807, 2.05) is 12.1 Å². The first kappa shape index (κ1) is 17.0. The Morgan fingerprint density at radius 3 is 2.30 bits per heavy atom. The number of hydrogen-bond acceptors (Lipinski definition) is 4. The monoisotopic (exact) mass is 280 g/mol. The Bertz CT molecular complexity index is 352. The summed E-state index contributed by atoms with van der Waals surface area (Å²) in [7, 11) is 1.73. The van der Waals surface area contributed by atoms with Gasteiger partial charge in [0.25, 0.3) is 0 Å². The molecule has 20 heavy (non-hydrogen) atoms. The van der Waals surface area contributed by atoms with Crippen LogP contribution < -0.4 is 10.5 Å². The summed E-state index contributed by atoms with van der Waals surface area (Å²) in [5.74, 6) is 0.918. The van der Waals surface area contributed by atoms with E-state index < -0.39 is 0 Å². The average molecular weight is 280 g/mol. The molecule has 0 fully saturated rings. The number of rotatable bonds is 10. The van der Waals surface area contributed by atoms with Gasteiger partial charge in [-0.3, -0.25) is 4.90 Å². The van der Waals surface area contributed by atoms with Crippen molar-refractivity contribution >= 4 is 0 Å². The van der Waals surface area contributed by atoms with Crippen LogP contribution in [-0.2, 0) is 11.2 Å². The van der Waals surface area contributed by atoms with Gasteiger partial charge in [0.05, 0.1) is 6.61 Å². The van der Waals surface area contributed by atoms with E-state index in [4.69, 9.17) is 15.2 Å². The minimum atomic E-state index is 0.501. The van der Waals surface area contributed by atoms with E-state index in [1.54, 1.807) is 7.11 Å². The standard InChI is InChI=1S/C16H28N2O2/c1-14(2)18(10-12-19-3)11-13-20-16-6-4-15(5-7-16)8-9-17/h4-7,14H,8-13,17H2,1-3H3. The fourth-order valence-electron chi connectivity index (χ4n) is 2.04. The van der Waals surface area contributed by atoms with E-state index in [-0.39, 0.29) is 0 Å². The van der Waals surface area contributed by atoms with Gasteiger partial charge < -0.3 is 15.2 Å². The molecule has 0 saturated carbocycles. The van der Waals surface area contributed by atoms with Gasteiger partial charge in [0.1, 0.15) is 12.4 Å². The van der Waals surface area contributed by atoms with Crippen molar-refractivity contribution in [3.63, 3.8) is 0 Å². The van der Waals surface area contributed by atoms with Crippen LogP contribution in [0.5, 0.6) is 5.75 Å². The zero-order valence-electron chi connectivity index (χ0n) is 13.0. The van der Waals surface area contributed by atoms with Crippen molar-refractivity contribution in [2.24, 2.45) is 5.73 Å². The Hall–Kier alpha value is -1.10. The van der Waals surface area contributed by atoms with Crippen LogP contribution in [-0.4, -0.2) is 50.9 Å². The molecule has 1 rings (SSSR count). The van der Waals surface area contributed by atoms with Gasteiger partial charge in [-0.1, -0.05) is 12.1 Å². The molecule has 1 aromatic rings. The molecule has 0 heterocycles. The first-order valence-electron chi connectivity index (χ1n) is 7.32. The number of hydrogen-bond donors (Lipinski definition) is 1. The summed E-state index contributed by atoms with van der Waals surface area (Å²) in [5, 5.41) is 0. The Kier molecular flexibility index (Phi) is 8.26. The summed E-state index contributed by atoms with van der Waals surface area (Å²) in [6.07, 6.45) is 0.915. The zero-order chi connectivity index (χ0) is 14.8. The van der Waals surface area contributed by atoms with Crippen molar-refractivity contribution in [2.75, 3.05) is 40.0 Å². The molecule has 4 nitrogen and oxygen atoms in total. The van der Waals surface area contributed by atoms with E-state index in [2.05, 4.69) is 30.9 Å². The van der Waals surface area contributed by atoms with Crippen LogP contribution >= 0.6 is 0 Å². The van der Waals surface area contributed by atoms with Gasteiger partial charge in [-0.05, 0) is 44.5 Å². The molecule has 0 spiro atoms. The number of ether oxygens (including phenoxy) is 2. The highest BCUT2D eigenvalue weighted by molar-refractivity contribution is 5.27. The SMILES string of the molecule is COCCN(CCOc1ccc(CCN)cc1)C(C)C. The lowest BCUT2D eigenvalue weighted by Crippen LogP contribution is -2.37. The summed E-state index contributed by atoms with van der Waals surface area (Å²) >= 11 is 0. The minimum Gasteiger partial charge on any atom is -0.492 e. The lowest BCUT2D eigenvalue weighted by atomic mass is 10.1. The molecule has 0 unspecified atom stereocenters. The second-order valence-corrected chi connectivity index (χ2v) is 5.15. The van der Waals surface area contributed by atoms with Crippen LogP contribution in [0.2, 0.25) is 0 Å². The van der Waals surface area contributed by atoms with Crippen molar-refractivity contribution in [1.82, 2.24) is 4.90 Å². The molecule has 0 aliphatic rings. The maximum Gasteiger partial charge on any atom is 0.119 e. The highest BCUT2D eigenvalue weighted by Gasteiger charge is 2.08. The molecule has 1 aromatic carbocycles. The second-order valence-electron chi connectivity index (χ2n) is 5.15. The van der Waals surface area contributed by atoms with E-state index in [0.29, 0.717) is 19.2 Å². The smallest absolute Gasteiger partial charge is 0.119 e. The minimum absolute atomic E-state index is 0.501. The quantitative estimate of drug-likeness (QED) is 0.711. The average Bonchev–Trinajstić information content (AvgIpc) is 2.44. The Labute approximate surface area is 122 Å². The van der Waals surface area contributed by atoms with E-state index >= 15 is 0 Å². The highest BCUT2D eigenvalue weighted by atomic mass is 16.5. The van der Waals surface area contributed by atoms with Gasteiger partial charge in [-0.25, -0.2) is 0 Å². The highest BCUT2D eigenvalue weighted by Crippen LogP contribution is 2.12. The van der Waals surface area contributed by atoms with Gasteiger partial charge in [0.2, 0.25) is 0 Å². The fraction of sp³-hybridized carbons (Fsp3) is 0.625. The number of nitrogens with two attached hydrogens (primary N) is 1. The molecule has 0 bridgehead atoms. The Morgan fingerprint density at radius 1 is 1.10 bits per heavy atom. The molecular formula is C16H28N2O2. The third kappa shape index (κ3) is 6.37. The van der Waals surface area contributed by atoms with E-state index in [1.165, 1.54) is 5.56 Å². The molecule has 0 amide bonds. The van der Waals surface area contributed by atoms with Gasteiger partial charge in [-0.2, -0.15) is 0 Å². The molecule has 2 N–H and O–H groups in total. The third-order valence-corrected chi connectivity index (χ3v) is 3.32. The maximum atomic E-state index is 5.79. The summed E-state index contributed by atoms with van der Waals surface area (Å²) in [6.45, 7) is 8.36. The maximum absolute atomic E-state index is 5.79.